The minimum absolute atomic E-state index is 0.468. The zero-order valence-electron chi connectivity index (χ0n) is 11.1. The van der Waals surface area contributed by atoms with E-state index < -0.39 is 21.1 Å². The fraction of sp³-hybridized carbons (Fsp3) is 0.538. The Labute approximate surface area is 104 Å². The number of hydrogen-bond acceptors (Lipinski definition) is 3. The average Bonchev–Trinajstić information content (AvgIpc) is 2.20. The number of hydrogen-bond donors (Lipinski definition) is 1. The molecule has 0 aliphatic rings. The Balaban J connectivity index is 3.22. The van der Waals surface area contributed by atoms with Crippen molar-refractivity contribution in [1.82, 2.24) is 0 Å². The molecule has 0 saturated heterocycles. The van der Waals surface area contributed by atoms with Gasteiger partial charge in [-0.2, -0.15) is 0 Å². The fourth-order valence-electron chi connectivity index (χ4n) is 1.86. The summed E-state index contributed by atoms with van der Waals surface area (Å²) in [6, 6.07) is 3.58. The molecular weight excluding hydrogens is 234 g/mol. The first kappa shape index (κ1) is 14.2. The zero-order valence-corrected chi connectivity index (χ0v) is 11.9. The van der Waals surface area contributed by atoms with Crippen LogP contribution in [0, 0.1) is 20.8 Å². The molecule has 0 radical (unpaired) electrons. The van der Waals surface area contributed by atoms with Gasteiger partial charge >= 0.3 is 0 Å². The van der Waals surface area contributed by atoms with Crippen molar-refractivity contribution in [2.75, 3.05) is 6.26 Å². The van der Waals surface area contributed by atoms with Gasteiger partial charge in [-0.05, 0) is 49.9 Å². The van der Waals surface area contributed by atoms with E-state index in [0.29, 0.717) is 0 Å². The van der Waals surface area contributed by atoms with Crippen molar-refractivity contribution in [3.63, 3.8) is 0 Å². The molecule has 2 unspecified atom stereocenters. The van der Waals surface area contributed by atoms with Crippen LogP contribution in [-0.4, -0.2) is 19.9 Å². The molecule has 2 N–H and O–H groups in total. The molecule has 0 aliphatic carbocycles. The zero-order chi connectivity index (χ0) is 13.4. The highest BCUT2D eigenvalue weighted by atomic mass is 32.2. The van der Waals surface area contributed by atoms with E-state index in [9.17, 15) is 8.42 Å². The first-order valence-corrected chi connectivity index (χ1v) is 7.62. The Bertz CT molecular complexity index is 520. The van der Waals surface area contributed by atoms with Crippen molar-refractivity contribution < 1.29 is 8.42 Å². The first-order valence-electron chi connectivity index (χ1n) is 5.66. The summed E-state index contributed by atoms with van der Waals surface area (Å²) in [5.74, 6) is 0. The van der Waals surface area contributed by atoms with E-state index in [1.54, 1.807) is 6.92 Å². The molecule has 0 saturated carbocycles. The van der Waals surface area contributed by atoms with Gasteiger partial charge in [0.05, 0.1) is 5.25 Å². The molecule has 0 fully saturated rings. The quantitative estimate of drug-likeness (QED) is 0.899. The molecule has 3 nitrogen and oxygen atoms in total. The molecule has 17 heavy (non-hydrogen) atoms. The van der Waals surface area contributed by atoms with Crippen LogP contribution in [0.5, 0.6) is 0 Å². The Morgan fingerprint density at radius 1 is 1.06 bits per heavy atom. The Hall–Kier alpha value is -0.870. The maximum Gasteiger partial charge on any atom is 0.151 e. The minimum atomic E-state index is -3.11. The summed E-state index contributed by atoms with van der Waals surface area (Å²) in [6.45, 7) is 7.68. The lowest BCUT2D eigenvalue weighted by atomic mass is 9.95. The van der Waals surface area contributed by atoms with Gasteiger partial charge in [0.2, 0.25) is 0 Å². The average molecular weight is 255 g/mol. The van der Waals surface area contributed by atoms with Gasteiger partial charge in [-0.25, -0.2) is 8.42 Å². The molecule has 1 aromatic rings. The maximum absolute atomic E-state index is 11.5. The molecule has 0 amide bonds. The van der Waals surface area contributed by atoms with E-state index in [-0.39, 0.29) is 0 Å². The lowest BCUT2D eigenvalue weighted by Crippen LogP contribution is -2.31. The van der Waals surface area contributed by atoms with Crippen molar-refractivity contribution in [1.29, 1.82) is 0 Å². The molecule has 1 rings (SSSR count). The van der Waals surface area contributed by atoms with Crippen LogP contribution >= 0.6 is 0 Å². The molecule has 0 aliphatic heterocycles. The number of sulfone groups is 1. The summed E-state index contributed by atoms with van der Waals surface area (Å²) in [4.78, 5) is 0. The number of benzene rings is 1. The summed E-state index contributed by atoms with van der Waals surface area (Å²) >= 11 is 0. The standard InChI is InChI=1S/C13H21NO2S/c1-8-6-10(3)12(7-9(8)2)13(14)11(4)17(5,15)16/h6-7,11,13H,14H2,1-5H3. The third kappa shape index (κ3) is 3.07. The van der Waals surface area contributed by atoms with Gasteiger partial charge in [0.1, 0.15) is 0 Å². The monoisotopic (exact) mass is 255 g/mol. The highest BCUT2D eigenvalue weighted by Gasteiger charge is 2.25. The van der Waals surface area contributed by atoms with Crippen molar-refractivity contribution in [2.24, 2.45) is 5.73 Å². The lowest BCUT2D eigenvalue weighted by molar-refractivity contribution is 0.570. The number of rotatable bonds is 3. The van der Waals surface area contributed by atoms with Crippen molar-refractivity contribution in [3.05, 3.63) is 34.4 Å². The predicted molar refractivity (Wildman–Crippen MR) is 71.9 cm³/mol. The van der Waals surface area contributed by atoms with Crippen LogP contribution in [0.3, 0.4) is 0 Å². The van der Waals surface area contributed by atoms with Gasteiger partial charge in [-0.15, -0.1) is 0 Å². The Morgan fingerprint density at radius 3 is 2.00 bits per heavy atom. The third-order valence-electron chi connectivity index (χ3n) is 3.42. The molecule has 0 spiro atoms. The second kappa shape index (κ2) is 4.78. The first-order chi connectivity index (χ1) is 7.64. The molecule has 0 bridgehead atoms. The summed E-state index contributed by atoms with van der Waals surface area (Å²) in [6.07, 6.45) is 1.23. The summed E-state index contributed by atoms with van der Waals surface area (Å²) < 4.78 is 23.1. The van der Waals surface area contributed by atoms with E-state index in [1.165, 1.54) is 11.8 Å². The molecule has 2 atom stereocenters. The van der Waals surface area contributed by atoms with Crippen molar-refractivity contribution in [2.45, 2.75) is 39.0 Å². The minimum Gasteiger partial charge on any atom is -0.323 e. The topological polar surface area (TPSA) is 60.2 Å². The number of nitrogens with two attached hydrogens (primary N) is 1. The van der Waals surface area contributed by atoms with E-state index in [1.807, 2.05) is 26.8 Å². The van der Waals surface area contributed by atoms with Crippen LogP contribution in [0.4, 0.5) is 0 Å². The lowest BCUT2D eigenvalue weighted by Gasteiger charge is -2.21. The van der Waals surface area contributed by atoms with E-state index in [0.717, 1.165) is 16.7 Å². The molecule has 96 valence electrons. The fourth-order valence-corrected chi connectivity index (χ4v) is 2.54. The molecule has 4 heteroatoms. The Kier molecular flexibility index (Phi) is 3.99. The summed E-state index contributed by atoms with van der Waals surface area (Å²) in [5, 5.41) is -0.566. The SMILES string of the molecule is Cc1cc(C)c(C(N)C(C)S(C)(=O)=O)cc1C. The van der Waals surface area contributed by atoms with E-state index >= 15 is 0 Å². The molecule has 1 aromatic carbocycles. The molecular formula is C13H21NO2S. The van der Waals surface area contributed by atoms with Gasteiger partial charge in [0.15, 0.2) is 9.84 Å². The molecule has 0 aromatic heterocycles. The molecule has 0 heterocycles. The second-order valence-electron chi connectivity index (χ2n) is 4.85. The van der Waals surface area contributed by atoms with E-state index in [2.05, 4.69) is 6.07 Å². The third-order valence-corrected chi connectivity index (χ3v) is 5.07. The van der Waals surface area contributed by atoms with Gasteiger partial charge in [-0.3, -0.25) is 0 Å². The van der Waals surface area contributed by atoms with Crippen molar-refractivity contribution >= 4 is 9.84 Å². The van der Waals surface area contributed by atoms with Gasteiger partial charge in [0, 0.05) is 12.3 Å². The van der Waals surface area contributed by atoms with Gasteiger partial charge < -0.3 is 5.73 Å². The normalized spacial score (nSPS) is 15.6. The van der Waals surface area contributed by atoms with Crippen molar-refractivity contribution in [3.8, 4) is 0 Å². The number of aryl methyl sites for hydroxylation is 3. The van der Waals surface area contributed by atoms with Crippen LogP contribution in [0.15, 0.2) is 12.1 Å². The predicted octanol–water partition coefficient (Wildman–Crippen LogP) is 2.04. The highest BCUT2D eigenvalue weighted by molar-refractivity contribution is 7.91. The van der Waals surface area contributed by atoms with E-state index in [4.69, 9.17) is 5.73 Å². The van der Waals surface area contributed by atoms with Crippen LogP contribution in [-0.2, 0) is 9.84 Å². The van der Waals surface area contributed by atoms with Crippen LogP contribution in [0.25, 0.3) is 0 Å². The van der Waals surface area contributed by atoms with Gasteiger partial charge in [-0.1, -0.05) is 12.1 Å². The van der Waals surface area contributed by atoms with Gasteiger partial charge in [0.25, 0.3) is 0 Å². The van der Waals surface area contributed by atoms with Crippen LogP contribution in [0.2, 0.25) is 0 Å². The van der Waals surface area contributed by atoms with Crippen LogP contribution < -0.4 is 5.73 Å². The Morgan fingerprint density at radius 2 is 1.53 bits per heavy atom. The smallest absolute Gasteiger partial charge is 0.151 e. The highest BCUT2D eigenvalue weighted by Crippen LogP contribution is 2.25. The van der Waals surface area contributed by atoms with Crippen LogP contribution in [0.1, 0.15) is 35.2 Å². The maximum atomic E-state index is 11.5. The summed E-state index contributed by atoms with van der Waals surface area (Å²) in [5.41, 5.74) is 10.4. The summed E-state index contributed by atoms with van der Waals surface area (Å²) in [7, 11) is -3.11. The second-order valence-corrected chi connectivity index (χ2v) is 7.26. The largest absolute Gasteiger partial charge is 0.323 e.